The number of pyridine rings is 1. The van der Waals surface area contributed by atoms with E-state index in [2.05, 4.69) is 25.0 Å². The van der Waals surface area contributed by atoms with Crippen LogP contribution in [0.25, 0.3) is 22.5 Å². The molecule has 7 nitrogen and oxygen atoms in total. The first kappa shape index (κ1) is 17.7. The number of hydrogen-bond donors (Lipinski definition) is 1. The molecule has 0 saturated heterocycles. The Morgan fingerprint density at radius 2 is 2.00 bits per heavy atom. The summed E-state index contributed by atoms with van der Waals surface area (Å²) in [4.78, 5) is 23.8. The van der Waals surface area contributed by atoms with Gasteiger partial charge in [-0.1, -0.05) is 0 Å². The predicted octanol–water partition coefficient (Wildman–Crippen LogP) is 2.88. The number of benzene rings is 1. The summed E-state index contributed by atoms with van der Waals surface area (Å²) in [5.74, 6) is -0.314. The minimum Gasteiger partial charge on any atom is -0.487 e. The largest absolute Gasteiger partial charge is 0.487 e. The zero-order chi connectivity index (χ0) is 20.5. The summed E-state index contributed by atoms with van der Waals surface area (Å²) < 4.78 is 10.0. The molecule has 0 amide bonds. The van der Waals surface area contributed by atoms with Crippen LogP contribution in [-0.2, 0) is 26.4 Å². The van der Waals surface area contributed by atoms with E-state index in [0.717, 1.165) is 41.1 Å². The molecule has 2 aliphatic heterocycles. The molecule has 3 aromatic rings. The van der Waals surface area contributed by atoms with Gasteiger partial charge < -0.3 is 14.4 Å². The molecule has 0 fully saturated rings. The van der Waals surface area contributed by atoms with Crippen molar-refractivity contribution in [3.8, 4) is 28.3 Å². The third-order valence-electron chi connectivity index (χ3n) is 5.81. The van der Waals surface area contributed by atoms with Gasteiger partial charge >= 0.3 is 5.97 Å². The van der Waals surface area contributed by atoms with E-state index in [4.69, 9.17) is 4.74 Å². The van der Waals surface area contributed by atoms with E-state index < -0.39 is 11.4 Å². The second-order valence-electron chi connectivity index (χ2n) is 8.32. The monoisotopic (exact) mass is 391 g/mol. The van der Waals surface area contributed by atoms with E-state index in [1.165, 1.54) is 23.4 Å². The summed E-state index contributed by atoms with van der Waals surface area (Å²) in [6, 6.07) is 5.44. The van der Waals surface area contributed by atoms with Gasteiger partial charge in [-0.25, -0.2) is 4.79 Å². The lowest BCUT2D eigenvalue weighted by Crippen LogP contribution is -2.25. The van der Waals surface area contributed by atoms with Crippen molar-refractivity contribution in [1.82, 2.24) is 14.3 Å². The van der Waals surface area contributed by atoms with Gasteiger partial charge in [0, 0.05) is 55.2 Å². The van der Waals surface area contributed by atoms with Gasteiger partial charge in [0.05, 0.1) is 11.4 Å². The van der Waals surface area contributed by atoms with Crippen LogP contribution in [0.2, 0.25) is 0 Å². The summed E-state index contributed by atoms with van der Waals surface area (Å²) in [5, 5.41) is 13.6. The normalized spacial score (nSPS) is 16.0. The lowest BCUT2D eigenvalue weighted by Gasteiger charge is -2.25. The predicted molar refractivity (Wildman–Crippen MR) is 107 cm³/mol. The van der Waals surface area contributed by atoms with Crippen LogP contribution < -0.4 is 10.2 Å². The topological polar surface area (TPSA) is 86.3 Å². The second-order valence-corrected chi connectivity index (χ2v) is 8.32. The van der Waals surface area contributed by atoms with E-state index in [1.807, 2.05) is 17.7 Å². The minimum atomic E-state index is -1.20. The lowest BCUT2D eigenvalue weighted by atomic mass is 9.86. The molecule has 29 heavy (non-hydrogen) atoms. The zero-order valence-electron chi connectivity index (χ0n) is 16.5. The van der Waals surface area contributed by atoms with Crippen molar-refractivity contribution >= 4 is 5.97 Å². The molecular formula is C22H21N3O4. The molecule has 5 rings (SSSR count). The standard InChI is InChI=1S/C22H21N3O4/c1-22(2)10-15-12-5-7-25-11-16(21(27)28)19(26)9-18(25)13(12)8-14(20(15)29-22)17-4-6-23-24(17)3/h4,6,8-9,11H,5,7,10H2,1-3H3,(H,27,28). The highest BCUT2D eigenvalue weighted by molar-refractivity contribution is 5.88. The Morgan fingerprint density at radius 1 is 1.21 bits per heavy atom. The number of aromatic nitrogens is 3. The van der Waals surface area contributed by atoms with Crippen molar-refractivity contribution in [2.75, 3.05) is 0 Å². The summed E-state index contributed by atoms with van der Waals surface area (Å²) in [5.41, 5.74) is 4.94. The summed E-state index contributed by atoms with van der Waals surface area (Å²) in [6.07, 6.45) is 4.75. The Balaban J connectivity index is 1.81. The number of aromatic carboxylic acids is 1. The van der Waals surface area contributed by atoms with Crippen LogP contribution in [0.3, 0.4) is 0 Å². The molecule has 7 heteroatoms. The zero-order valence-corrected chi connectivity index (χ0v) is 16.5. The molecule has 4 heterocycles. The van der Waals surface area contributed by atoms with E-state index >= 15 is 0 Å². The first-order chi connectivity index (χ1) is 13.7. The number of nitrogens with zero attached hydrogens (tertiary/aromatic N) is 3. The molecular weight excluding hydrogens is 370 g/mol. The minimum absolute atomic E-state index is 0.199. The summed E-state index contributed by atoms with van der Waals surface area (Å²) >= 11 is 0. The van der Waals surface area contributed by atoms with Crippen molar-refractivity contribution in [2.24, 2.45) is 7.05 Å². The van der Waals surface area contributed by atoms with Gasteiger partial charge in [0.1, 0.15) is 16.9 Å². The first-order valence-corrected chi connectivity index (χ1v) is 9.59. The van der Waals surface area contributed by atoms with Crippen molar-refractivity contribution < 1.29 is 14.6 Å². The van der Waals surface area contributed by atoms with Gasteiger partial charge in [-0.3, -0.25) is 9.48 Å². The van der Waals surface area contributed by atoms with Crippen molar-refractivity contribution in [2.45, 2.75) is 38.8 Å². The van der Waals surface area contributed by atoms with Crippen molar-refractivity contribution in [1.29, 1.82) is 0 Å². The average Bonchev–Trinajstić information content (AvgIpc) is 3.21. The van der Waals surface area contributed by atoms with Crippen LogP contribution in [0.4, 0.5) is 0 Å². The van der Waals surface area contributed by atoms with Gasteiger partial charge in [-0.15, -0.1) is 0 Å². The van der Waals surface area contributed by atoms with E-state index in [0.29, 0.717) is 6.54 Å². The number of carboxylic acid groups (broad SMARTS) is 1. The number of fused-ring (bicyclic) bond motifs is 5. The molecule has 0 radical (unpaired) electrons. The smallest absolute Gasteiger partial charge is 0.341 e. The number of ether oxygens (including phenoxy) is 1. The van der Waals surface area contributed by atoms with Crippen LogP contribution in [-0.4, -0.2) is 31.0 Å². The van der Waals surface area contributed by atoms with Gasteiger partial charge in [0.15, 0.2) is 5.43 Å². The Bertz CT molecular complexity index is 1250. The average molecular weight is 391 g/mol. The quantitative estimate of drug-likeness (QED) is 0.726. The van der Waals surface area contributed by atoms with E-state index in [1.54, 1.807) is 10.9 Å². The Labute approximate surface area is 167 Å². The number of rotatable bonds is 2. The number of aryl methyl sites for hydroxylation is 2. The Kier molecular flexibility index (Phi) is 3.56. The first-order valence-electron chi connectivity index (χ1n) is 9.59. The van der Waals surface area contributed by atoms with Gasteiger partial charge in [-0.05, 0) is 38.0 Å². The van der Waals surface area contributed by atoms with Crippen molar-refractivity contribution in [3.05, 3.63) is 57.5 Å². The fourth-order valence-corrected chi connectivity index (χ4v) is 4.53. The molecule has 2 aromatic heterocycles. The fourth-order valence-electron chi connectivity index (χ4n) is 4.53. The molecule has 0 saturated carbocycles. The Hall–Kier alpha value is -3.35. The third-order valence-corrected chi connectivity index (χ3v) is 5.81. The molecule has 0 aliphatic carbocycles. The number of carbonyl (C=O) groups is 1. The van der Waals surface area contributed by atoms with Gasteiger partial charge in [0.25, 0.3) is 0 Å². The van der Waals surface area contributed by atoms with E-state index in [9.17, 15) is 14.7 Å². The molecule has 1 N–H and O–H groups in total. The van der Waals surface area contributed by atoms with Gasteiger partial charge in [-0.2, -0.15) is 5.10 Å². The van der Waals surface area contributed by atoms with Crippen LogP contribution in [0, 0.1) is 0 Å². The van der Waals surface area contributed by atoms with Crippen LogP contribution >= 0.6 is 0 Å². The lowest BCUT2D eigenvalue weighted by molar-refractivity contribution is 0.0694. The molecule has 0 bridgehead atoms. The summed E-state index contributed by atoms with van der Waals surface area (Å²) in [7, 11) is 1.89. The van der Waals surface area contributed by atoms with Gasteiger partial charge in [0.2, 0.25) is 0 Å². The summed E-state index contributed by atoms with van der Waals surface area (Å²) in [6.45, 7) is 4.78. The maximum atomic E-state index is 12.4. The highest BCUT2D eigenvalue weighted by atomic mass is 16.5. The maximum absolute atomic E-state index is 12.4. The second kappa shape index (κ2) is 5.83. The Morgan fingerprint density at radius 3 is 2.69 bits per heavy atom. The molecule has 2 aliphatic rings. The van der Waals surface area contributed by atoms with E-state index in [-0.39, 0.29) is 11.2 Å². The molecule has 0 atom stereocenters. The molecule has 148 valence electrons. The number of carboxylic acids is 1. The van der Waals surface area contributed by atoms with Crippen LogP contribution in [0.1, 0.15) is 35.3 Å². The van der Waals surface area contributed by atoms with Crippen LogP contribution in [0.15, 0.2) is 35.4 Å². The fraction of sp³-hybridized carbons (Fsp3) is 0.318. The highest BCUT2D eigenvalue weighted by Gasteiger charge is 2.37. The third kappa shape index (κ3) is 2.61. The van der Waals surface area contributed by atoms with Crippen LogP contribution in [0.5, 0.6) is 5.75 Å². The molecule has 0 unspecified atom stereocenters. The number of hydrogen-bond acceptors (Lipinski definition) is 4. The maximum Gasteiger partial charge on any atom is 0.341 e. The molecule has 0 spiro atoms. The van der Waals surface area contributed by atoms with Crippen molar-refractivity contribution in [3.63, 3.8) is 0 Å². The SMILES string of the molecule is Cn1nccc1-c1cc2c(c3c1OC(C)(C)C3)CCn1cc(C(=O)O)c(=O)cc1-2. The highest BCUT2D eigenvalue weighted by Crippen LogP contribution is 2.48. The molecule has 1 aromatic carbocycles.